The topological polar surface area (TPSA) is 9.23 Å². The molecular formula is C15H14O. The third-order valence-electron chi connectivity index (χ3n) is 3.05. The number of fused-ring (bicyclic) bond motifs is 2. The van der Waals surface area contributed by atoms with E-state index in [4.69, 9.17) is 4.74 Å². The Morgan fingerprint density at radius 2 is 1.31 bits per heavy atom. The Labute approximate surface area is 95.7 Å². The van der Waals surface area contributed by atoms with E-state index in [-0.39, 0.29) is 0 Å². The molecule has 1 aliphatic heterocycles. The van der Waals surface area contributed by atoms with Crippen LogP contribution in [-0.2, 0) is 6.42 Å². The molecule has 0 atom stereocenters. The molecule has 0 saturated carbocycles. The molecule has 0 aromatic heterocycles. The second-order valence-corrected chi connectivity index (χ2v) is 4.50. The molecule has 1 nitrogen and oxygen atoms in total. The molecule has 0 radical (unpaired) electrons. The smallest absolute Gasteiger partial charge is 0.131 e. The van der Waals surface area contributed by atoms with Crippen molar-refractivity contribution in [1.82, 2.24) is 0 Å². The number of hydrogen-bond acceptors (Lipinski definition) is 1. The number of benzene rings is 2. The van der Waals surface area contributed by atoms with Crippen molar-refractivity contribution in [3.63, 3.8) is 0 Å². The lowest BCUT2D eigenvalue weighted by molar-refractivity contribution is 0.459. The van der Waals surface area contributed by atoms with Gasteiger partial charge in [-0.05, 0) is 48.2 Å². The molecule has 16 heavy (non-hydrogen) atoms. The molecule has 0 fully saturated rings. The van der Waals surface area contributed by atoms with E-state index < -0.39 is 0 Å². The van der Waals surface area contributed by atoms with Crippen LogP contribution in [0.1, 0.15) is 22.3 Å². The van der Waals surface area contributed by atoms with E-state index in [1.54, 1.807) is 0 Å². The third kappa shape index (κ3) is 1.49. The average molecular weight is 210 g/mol. The lowest BCUT2D eigenvalue weighted by Gasteiger charge is -2.20. The van der Waals surface area contributed by atoms with Crippen molar-refractivity contribution in [2.75, 3.05) is 0 Å². The summed E-state index contributed by atoms with van der Waals surface area (Å²) in [7, 11) is 0. The van der Waals surface area contributed by atoms with Crippen molar-refractivity contribution in [2.45, 2.75) is 20.3 Å². The Hall–Kier alpha value is -1.76. The van der Waals surface area contributed by atoms with Crippen molar-refractivity contribution < 1.29 is 4.74 Å². The fraction of sp³-hybridized carbons (Fsp3) is 0.200. The first-order valence-corrected chi connectivity index (χ1v) is 5.59. The van der Waals surface area contributed by atoms with Crippen LogP contribution in [0.4, 0.5) is 0 Å². The van der Waals surface area contributed by atoms with Crippen LogP contribution in [0, 0.1) is 13.8 Å². The number of ether oxygens (including phenoxy) is 1. The Balaban J connectivity index is 2.10. The van der Waals surface area contributed by atoms with Gasteiger partial charge in [0.1, 0.15) is 11.5 Å². The van der Waals surface area contributed by atoms with Crippen molar-refractivity contribution in [2.24, 2.45) is 0 Å². The highest BCUT2D eigenvalue weighted by molar-refractivity contribution is 5.51. The highest BCUT2D eigenvalue weighted by Crippen LogP contribution is 2.37. The van der Waals surface area contributed by atoms with E-state index in [1.807, 2.05) is 0 Å². The van der Waals surface area contributed by atoms with E-state index in [9.17, 15) is 0 Å². The van der Waals surface area contributed by atoms with Crippen LogP contribution in [0.15, 0.2) is 36.4 Å². The summed E-state index contributed by atoms with van der Waals surface area (Å²) in [6.07, 6.45) is 0.977. The highest BCUT2D eigenvalue weighted by Gasteiger charge is 2.16. The molecule has 0 bridgehead atoms. The van der Waals surface area contributed by atoms with E-state index in [2.05, 4.69) is 50.2 Å². The lowest BCUT2D eigenvalue weighted by atomic mass is 9.98. The van der Waals surface area contributed by atoms with Crippen molar-refractivity contribution in [3.05, 3.63) is 58.7 Å². The Bertz CT molecular complexity index is 506. The summed E-state index contributed by atoms with van der Waals surface area (Å²) in [5, 5.41) is 0. The average Bonchev–Trinajstić information content (AvgIpc) is 2.26. The quantitative estimate of drug-likeness (QED) is 0.545. The summed E-state index contributed by atoms with van der Waals surface area (Å²) in [4.78, 5) is 0. The van der Waals surface area contributed by atoms with E-state index >= 15 is 0 Å². The number of aryl methyl sites for hydroxylation is 2. The summed E-state index contributed by atoms with van der Waals surface area (Å²) in [6.45, 7) is 4.19. The van der Waals surface area contributed by atoms with Crippen LogP contribution >= 0.6 is 0 Å². The second-order valence-electron chi connectivity index (χ2n) is 4.50. The van der Waals surface area contributed by atoms with Gasteiger partial charge in [0.05, 0.1) is 0 Å². The summed E-state index contributed by atoms with van der Waals surface area (Å²) >= 11 is 0. The molecule has 1 heterocycles. The maximum absolute atomic E-state index is 5.94. The van der Waals surface area contributed by atoms with Gasteiger partial charge in [-0.25, -0.2) is 0 Å². The molecule has 1 heteroatoms. The highest BCUT2D eigenvalue weighted by atomic mass is 16.5. The predicted octanol–water partition coefficient (Wildman–Crippen LogP) is 4.00. The minimum atomic E-state index is 0.977. The van der Waals surface area contributed by atoms with Gasteiger partial charge in [-0.1, -0.05) is 24.3 Å². The molecular weight excluding hydrogens is 196 g/mol. The maximum Gasteiger partial charge on any atom is 0.131 e. The molecule has 0 saturated heterocycles. The summed E-state index contributed by atoms with van der Waals surface area (Å²) < 4.78 is 5.94. The molecule has 0 aliphatic carbocycles. The van der Waals surface area contributed by atoms with Gasteiger partial charge in [-0.15, -0.1) is 0 Å². The molecule has 3 rings (SSSR count). The molecule has 0 unspecified atom stereocenters. The number of hydrogen-bond donors (Lipinski definition) is 0. The monoisotopic (exact) mass is 210 g/mol. The fourth-order valence-electron chi connectivity index (χ4n) is 2.13. The summed E-state index contributed by atoms with van der Waals surface area (Å²) in [5.74, 6) is 2.02. The van der Waals surface area contributed by atoms with Gasteiger partial charge in [-0.2, -0.15) is 0 Å². The van der Waals surface area contributed by atoms with E-state index in [1.165, 1.54) is 22.3 Å². The molecule has 2 aromatic rings. The van der Waals surface area contributed by atoms with Crippen molar-refractivity contribution in [1.29, 1.82) is 0 Å². The normalized spacial score (nSPS) is 12.6. The largest absolute Gasteiger partial charge is 0.457 e. The van der Waals surface area contributed by atoms with Gasteiger partial charge < -0.3 is 4.74 Å². The van der Waals surface area contributed by atoms with Crippen molar-refractivity contribution in [3.8, 4) is 11.5 Å². The van der Waals surface area contributed by atoms with Gasteiger partial charge in [0.15, 0.2) is 0 Å². The zero-order chi connectivity index (χ0) is 11.1. The van der Waals surface area contributed by atoms with Crippen LogP contribution in [0.5, 0.6) is 11.5 Å². The molecule has 80 valence electrons. The SMILES string of the molecule is Cc1ccc2c(c1)Oc1cc(C)ccc1C2. The Morgan fingerprint density at radius 1 is 0.812 bits per heavy atom. The van der Waals surface area contributed by atoms with Crippen LogP contribution in [0.3, 0.4) is 0 Å². The van der Waals surface area contributed by atoms with Crippen LogP contribution in [-0.4, -0.2) is 0 Å². The maximum atomic E-state index is 5.94. The second kappa shape index (κ2) is 3.38. The van der Waals surface area contributed by atoms with E-state index in [0.29, 0.717) is 0 Å². The van der Waals surface area contributed by atoms with Gasteiger partial charge in [-0.3, -0.25) is 0 Å². The Morgan fingerprint density at radius 3 is 1.81 bits per heavy atom. The first kappa shape index (κ1) is 9.46. The molecule has 1 aliphatic rings. The van der Waals surface area contributed by atoms with Gasteiger partial charge >= 0.3 is 0 Å². The standard InChI is InChI=1S/C15H14O/c1-10-3-5-12-9-13-6-4-11(2)8-15(13)16-14(12)7-10/h3-8H,9H2,1-2H3. The van der Waals surface area contributed by atoms with Crippen molar-refractivity contribution >= 4 is 0 Å². The lowest BCUT2D eigenvalue weighted by Crippen LogP contribution is -2.03. The van der Waals surface area contributed by atoms with Crippen LogP contribution in [0.25, 0.3) is 0 Å². The van der Waals surface area contributed by atoms with Crippen LogP contribution in [0.2, 0.25) is 0 Å². The first-order chi connectivity index (χ1) is 7.72. The third-order valence-corrected chi connectivity index (χ3v) is 3.05. The predicted molar refractivity (Wildman–Crippen MR) is 65.2 cm³/mol. The fourth-order valence-corrected chi connectivity index (χ4v) is 2.13. The zero-order valence-corrected chi connectivity index (χ0v) is 9.58. The van der Waals surface area contributed by atoms with Crippen LogP contribution < -0.4 is 4.74 Å². The number of rotatable bonds is 0. The summed E-state index contributed by atoms with van der Waals surface area (Å²) in [5.41, 5.74) is 5.05. The van der Waals surface area contributed by atoms with Gasteiger partial charge in [0.25, 0.3) is 0 Å². The molecule has 2 aromatic carbocycles. The minimum absolute atomic E-state index is 0.977. The summed E-state index contributed by atoms with van der Waals surface area (Å²) in [6, 6.07) is 12.8. The zero-order valence-electron chi connectivity index (χ0n) is 9.58. The first-order valence-electron chi connectivity index (χ1n) is 5.59. The van der Waals surface area contributed by atoms with Gasteiger partial charge in [0.2, 0.25) is 0 Å². The molecule has 0 spiro atoms. The Kier molecular flexibility index (Phi) is 2.00. The molecule has 0 amide bonds. The molecule has 0 N–H and O–H groups in total. The van der Waals surface area contributed by atoms with Gasteiger partial charge in [0, 0.05) is 6.42 Å². The van der Waals surface area contributed by atoms with E-state index in [0.717, 1.165) is 17.9 Å². The minimum Gasteiger partial charge on any atom is -0.457 e.